The summed E-state index contributed by atoms with van der Waals surface area (Å²) in [6.07, 6.45) is 0.981. The van der Waals surface area contributed by atoms with Crippen LogP contribution in [0.4, 0.5) is 0 Å². The highest BCUT2D eigenvalue weighted by molar-refractivity contribution is 6.17. The molecular weight excluding hydrogens is 226 g/mol. The SMILES string of the molecule is COc1ccc(CNCCCCl)cc1OC. The zero-order chi connectivity index (χ0) is 11.8. The van der Waals surface area contributed by atoms with Gasteiger partial charge < -0.3 is 14.8 Å². The van der Waals surface area contributed by atoms with Gasteiger partial charge in [-0.3, -0.25) is 0 Å². The molecule has 0 atom stereocenters. The van der Waals surface area contributed by atoms with E-state index in [1.807, 2.05) is 18.2 Å². The number of alkyl halides is 1. The summed E-state index contributed by atoms with van der Waals surface area (Å²) in [4.78, 5) is 0. The van der Waals surface area contributed by atoms with Crippen LogP contribution in [-0.2, 0) is 6.54 Å². The van der Waals surface area contributed by atoms with Gasteiger partial charge >= 0.3 is 0 Å². The fraction of sp³-hybridized carbons (Fsp3) is 0.500. The van der Waals surface area contributed by atoms with Crippen LogP contribution in [0.3, 0.4) is 0 Å². The van der Waals surface area contributed by atoms with Crippen LogP contribution in [0, 0.1) is 0 Å². The molecule has 1 rings (SSSR count). The standard InChI is InChI=1S/C12H18ClNO2/c1-15-11-5-4-10(8-12(11)16-2)9-14-7-3-6-13/h4-5,8,14H,3,6-7,9H2,1-2H3. The molecule has 0 unspecified atom stereocenters. The number of ether oxygens (including phenoxy) is 2. The average molecular weight is 244 g/mol. The Morgan fingerprint density at radius 1 is 1.19 bits per heavy atom. The zero-order valence-electron chi connectivity index (χ0n) is 9.75. The Morgan fingerprint density at radius 2 is 1.94 bits per heavy atom. The maximum absolute atomic E-state index is 5.59. The Hall–Kier alpha value is -0.930. The van der Waals surface area contributed by atoms with Crippen molar-refractivity contribution in [3.63, 3.8) is 0 Å². The fourth-order valence-electron chi connectivity index (χ4n) is 1.42. The van der Waals surface area contributed by atoms with Gasteiger partial charge in [0.1, 0.15) is 0 Å². The molecule has 0 radical (unpaired) electrons. The van der Waals surface area contributed by atoms with Crippen molar-refractivity contribution in [1.29, 1.82) is 0 Å². The van der Waals surface area contributed by atoms with Gasteiger partial charge in [-0.05, 0) is 30.7 Å². The summed E-state index contributed by atoms with van der Waals surface area (Å²) in [5, 5.41) is 3.31. The third kappa shape index (κ3) is 3.91. The van der Waals surface area contributed by atoms with Gasteiger partial charge in [-0.25, -0.2) is 0 Å². The molecule has 0 aromatic heterocycles. The number of benzene rings is 1. The van der Waals surface area contributed by atoms with E-state index < -0.39 is 0 Å². The summed E-state index contributed by atoms with van der Waals surface area (Å²) >= 11 is 5.59. The van der Waals surface area contributed by atoms with E-state index in [4.69, 9.17) is 21.1 Å². The van der Waals surface area contributed by atoms with Crippen molar-refractivity contribution in [3.05, 3.63) is 23.8 Å². The molecule has 4 heteroatoms. The van der Waals surface area contributed by atoms with Crippen LogP contribution in [0.2, 0.25) is 0 Å². The van der Waals surface area contributed by atoms with Crippen LogP contribution in [-0.4, -0.2) is 26.6 Å². The number of halogens is 1. The number of rotatable bonds is 7. The molecule has 0 aliphatic rings. The van der Waals surface area contributed by atoms with Crippen LogP contribution >= 0.6 is 11.6 Å². The minimum Gasteiger partial charge on any atom is -0.493 e. The minimum absolute atomic E-state index is 0.693. The Morgan fingerprint density at radius 3 is 2.56 bits per heavy atom. The van der Waals surface area contributed by atoms with Gasteiger partial charge in [-0.1, -0.05) is 6.07 Å². The quantitative estimate of drug-likeness (QED) is 0.589. The van der Waals surface area contributed by atoms with Crippen LogP contribution in [0.5, 0.6) is 11.5 Å². The summed E-state index contributed by atoms with van der Waals surface area (Å²) in [6, 6.07) is 5.92. The molecule has 0 bridgehead atoms. The summed E-state index contributed by atoms with van der Waals surface area (Å²) in [5.41, 5.74) is 1.17. The van der Waals surface area contributed by atoms with Crippen LogP contribution < -0.4 is 14.8 Å². The second kappa shape index (κ2) is 7.36. The molecule has 0 saturated carbocycles. The first kappa shape index (κ1) is 13.1. The molecular formula is C12H18ClNO2. The lowest BCUT2D eigenvalue weighted by atomic mass is 10.2. The van der Waals surface area contributed by atoms with Crippen LogP contribution in [0.1, 0.15) is 12.0 Å². The maximum Gasteiger partial charge on any atom is 0.161 e. The second-order valence-corrected chi connectivity index (χ2v) is 3.79. The Bertz CT molecular complexity index is 318. The highest BCUT2D eigenvalue weighted by Gasteiger charge is 2.03. The molecule has 0 aliphatic carbocycles. The molecule has 0 heterocycles. The van der Waals surface area contributed by atoms with E-state index >= 15 is 0 Å². The predicted molar refractivity (Wildman–Crippen MR) is 66.6 cm³/mol. The van der Waals surface area contributed by atoms with Gasteiger partial charge in [0.2, 0.25) is 0 Å². The molecule has 0 spiro atoms. The molecule has 0 aliphatic heterocycles. The minimum atomic E-state index is 0.693. The third-order valence-corrected chi connectivity index (χ3v) is 2.53. The number of methoxy groups -OCH3 is 2. The largest absolute Gasteiger partial charge is 0.493 e. The summed E-state index contributed by atoms with van der Waals surface area (Å²) < 4.78 is 10.4. The van der Waals surface area contributed by atoms with E-state index in [1.54, 1.807) is 14.2 Å². The van der Waals surface area contributed by atoms with Crippen molar-refractivity contribution in [2.45, 2.75) is 13.0 Å². The van der Waals surface area contributed by atoms with Crippen molar-refractivity contribution >= 4 is 11.6 Å². The number of nitrogens with one attached hydrogen (secondary N) is 1. The molecule has 90 valence electrons. The lowest BCUT2D eigenvalue weighted by Crippen LogP contribution is -2.15. The summed E-state index contributed by atoms with van der Waals surface area (Å²) in [5.74, 6) is 2.21. The van der Waals surface area contributed by atoms with Gasteiger partial charge in [-0.15, -0.1) is 11.6 Å². The topological polar surface area (TPSA) is 30.5 Å². The van der Waals surface area contributed by atoms with Crippen LogP contribution in [0.15, 0.2) is 18.2 Å². The van der Waals surface area contributed by atoms with Crippen molar-refractivity contribution in [2.75, 3.05) is 26.6 Å². The number of hydrogen-bond acceptors (Lipinski definition) is 3. The van der Waals surface area contributed by atoms with Crippen molar-refractivity contribution in [3.8, 4) is 11.5 Å². The third-order valence-electron chi connectivity index (χ3n) is 2.26. The Labute approximate surface area is 102 Å². The molecule has 0 fully saturated rings. The van der Waals surface area contributed by atoms with Crippen LogP contribution in [0.25, 0.3) is 0 Å². The van der Waals surface area contributed by atoms with Gasteiger partial charge in [-0.2, -0.15) is 0 Å². The molecule has 1 aromatic carbocycles. The zero-order valence-corrected chi connectivity index (χ0v) is 10.5. The molecule has 3 nitrogen and oxygen atoms in total. The number of hydrogen-bond donors (Lipinski definition) is 1. The fourth-order valence-corrected chi connectivity index (χ4v) is 1.55. The highest BCUT2D eigenvalue weighted by atomic mass is 35.5. The van der Waals surface area contributed by atoms with E-state index in [1.165, 1.54) is 5.56 Å². The average Bonchev–Trinajstić information content (AvgIpc) is 2.34. The van der Waals surface area contributed by atoms with Gasteiger partial charge in [0.15, 0.2) is 11.5 Å². The predicted octanol–water partition coefficient (Wildman–Crippen LogP) is 2.42. The van der Waals surface area contributed by atoms with Crippen molar-refractivity contribution < 1.29 is 9.47 Å². The summed E-state index contributed by atoms with van der Waals surface area (Å²) in [7, 11) is 3.28. The molecule has 1 N–H and O–H groups in total. The van der Waals surface area contributed by atoms with Gasteiger partial charge in [0, 0.05) is 12.4 Å². The second-order valence-electron chi connectivity index (χ2n) is 3.41. The van der Waals surface area contributed by atoms with Gasteiger partial charge in [0.05, 0.1) is 14.2 Å². The monoisotopic (exact) mass is 243 g/mol. The molecule has 16 heavy (non-hydrogen) atoms. The molecule has 0 amide bonds. The van der Waals surface area contributed by atoms with E-state index in [2.05, 4.69) is 5.32 Å². The smallest absolute Gasteiger partial charge is 0.161 e. The van der Waals surface area contributed by atoms with E-state index in [0.717, 1.165) is 31.0 Å². The molecule has 0 saturated heterocycles. The highest BCUT2D eigenvalue weighted by Crippen LogP contribution is 2.27. The summed E-state index contributed by atoms with van der Waals surface area (Å²) in [6.45, 7) is 1.75. The normalized spacial score (nSPS) is 10.2. The Balaban J connectivity index is 2.54. The maximum atomic E-state index is 5.59. The van der Waals surface area contributed by atoms with E-state index in [-0.39, 0.29) is 0 Å². The lowest BCUT2D eigenvalue weighted by molar-refractivity contribution is 0.354. The van der Waals surface area contributed by atoms with Crippen molar-refractivity contribution in [2.24, 2.45) is 0 Å². The first-order valence-electron chi connectivity index (χ1n) is 5.29. The first-order chi connectivity index (χ1) is 7.81. The van der Waals surface area contributed by atoms with E-state index in [0.29, 0.717) is 5.88 Å². The first-order valence-corrected chi connectivity index (χ1v) is 5.83. The lowest BCUT2D eigenvalue weighted by Gasteiger charge is -2.10. The van der Waals surface area contributed by atoms with E-state index in [9.17, 15) is 0 Å². The van der Waals surface area contributed by atoms with Gasteiger partial charge in [0.25, 0.3) is 0 Å². The molecule has 1 aromatic rings. The van der Waals surface area contributed by atoms with Crippen molar-refractivity contribution in [1.82, 2.24) is 5.32 Å². The Kier molecular flexibility index (Phi) is 6.04.